The van der Waals surface area contributed by atoms with Crippen LogP contribution in [0.3, 0.4) is 0 Å². The zero-order valence-electron chi connectivity index (χ0n) is 10.2. The highest BCUT2D eigenvalue weighted by Crippen LogP contribution is 2.21. The van der Waals surface area contributed by atoms with E-state index in [9.17, 15) is 4.79 Å². The van der Waals surface area contributed by atoms with Gasteiger partial charge in [-0.3, -0.25) is 4.79 Å². The van der Waals surface area contributed by atoms with E-state index in [1.807, 2.05) is 36.4 Å². The number of hydrogen-bond donors (Lipinski definition) is 1. The SMILES string of the molecule is O=c1[nH]c(-c2ccc3nsnc3c2)nc2ccccc12. The highest BCUT2D eigenvalue weighted by Gasteiger charge is 2.07. The van der Waals surface area contributed by atoms with Gasteiger partial charge in [-0.05, 0) is 30.3 Å². The highest BCUT2D eigenvalue weighted by molar-refractivity contribution is 7.00. The predicted molar refractivity (Wildman–Crippen MR) is 78.8 cm³/mol. The predicted octanol–water partition coefficient (Wildman–Crippen LogP) is 2.59. The third-order valence-electron chi connectivity index (χ3n) is 3.14. The summed E-state index contributed by atoms with van der Waals surface area (Å²) in [6.45, 7) is 0. The van der Waals surface area contributed by atoms with Gasteiger partial charge in [0.1, 0.15) is 16.9 Å². The van der Waals surface area contributed by atoms with Gasteiger partial charge in [0.25, 0.3) is 5.56 Å². The molecule has 0 saturated carbocycles. The molecule has 0 bridgehead atoms. The number of hydrogen-bond acceptors (Lipinski definition) is 5. The van der Waals surface area contributed by atoms with Crippen LogP contribution < -0.4 is 5.56 Å². The van der Waals surface area contributed by atoms with Gasteiger partial charge in [0.2, 0.25) is 0 Å². The summed E-state index contributed by atoms with van der Waals surface area (Å²) < 4.78 is 8.36. The molecule has 0 saturated heterocycles. The van der Waals surface area contributed by atoms with Crippen molar-refractivity contribution in [1.82, 2.24) is 18.7 Å². The van der Waals surface area contributed by atoms with E-state index in [4.69, 9.17) is 0 Å². The van der Waals surface area contributed by atoms with E-state index in [1.165, 1.54) is 11.7 Å². The van der Waals surface area contributed by atoms with E-state index >= 15 is 0 Å². The number of aromatic amines is 1. The van der Waals surface area contributed by atoms with E-state index in [0.717, 1.165) is 16.6 Å². The van der Waals surface area contributed by atoms with E-state index < -0.39 is 0 Å². The number of benzene rings is 2. The molecule has 1 N–H and O–H groups in total. The van der Waals surface area contributed by atoms with Crippen molar-refractivity contribution in [1.29, 1.82) is 0 Å². The van der Waals surface area contributed by atoms with Gasteiger partial charge in [0.05, 0.1) is 22.6 Å². The topological polar surface area (TPSA) is 71.5 Å². The smallest absolute Gasteiger partial charge is 0.259 e. The lowest BCUT2D eigenvalue weighted by Crippen LogP contribution is -2.09. The molecule has 96 valence electrons. The van der Waals surface area contributed by atoms with Crippen molar-refractivity contribution in [2.24, 2.45) is 0 Å². The molecule has 2 aromatic carbocycles. The summed E-state index contributed by atoms with van der Waals surface area (Å²) in [4.78, 5) is 19.4. The summed E-state index contributed by atoms with van der Waals surface area (Å²) in [5.74, 6) is 0.545. The lowest BCUT2D eigenvalue weighted by atomic mass is 10.1. The van der Waals surface area contributed by atoms with Gasteiger partial charge in [0.15, 0.2) is 0 Å². The minimum atomic E-state index is -0.137. The summed E-state index contributed by atoms with van der Waals surface area (Å²) in [5.41, 5.74) is 3.03. The molecular formula is C14H8N4OS. The molecule has 0 atom stereocenters. The average molecular weight is 280 g/mol. The van der Waals surface area contributed by atoms with Crippen molar-refractivity contribution in [3.05, 3.63) is 52.8 Å². The molecule has 0 fully saturated rings. The van der Waals surface area contributed by atoms with Crippen LogP contribution in [0.5, 0.6) is 0 Å². The van der Waals surface area contributed by atoms with Crippen molar-refractivity contribution in [3.63, 3.8) is 0 Å². The fourth-order valence-electron chi connectivity index (χ4n) is 2.15. The molecule has 0 spiro atoms. The van der Waals surface area contributed by atoms with Crippen molar-refractivity contribution < 1.29 is 0 Å². The standard InChI is InChI=1S/C14H8N4OS/c19-14-9-3-1-2-4-10(9)15-13(16-14)8-5-6-11-12(7-8)18-20-17-11/h1-7H,(H,15,16,19). The van der Waals surface area contributed by atoms with Crippen LogP contribution in [-0.4, -0.2) is 18.7 Å². The Morgan fingerprint density at radius 2 is 1.80 bits per heavy atom. The molecule has 0 unspecified atom stereocenters. The van der Waals surface area contributed by atoms with Crippen LogP contribution in [0.15, 0.2) is 47.3 Å². The van der Waals surface area contributed by atoms with Crippen LogP contribution in [0.25, 0.3) is 33.3 Å². The average Bonchev–Trinajstić information content (AvgIpc) is 2.94. The third-order valence-corrected chi connectivity index (χ3v) is 3.70. The fraction of sp³-hybridized carbons (Fsp3) is 0. The second-order valence-electron chi connectivity index (χ2n) is 4.40. The van der Waals surface area contributed by atoms with Crippen molar-refractivity contribution in [2.75, 3.05) is 0 Å². The lowest BCUT2D eigenvalue weighted by molar-refractivity contribution is 1.18. The summed E-state index contributed by atoms with van der Waals surface area (Å²) in [6, 6.07) is 12.9. The molecule has 0 amide bonds. The zero-order valence-corrected chi connectivity index (χ0v) is 11.0. The third kappa shape index (κ3) is 1.70. The second-order valence-corrected chi connectivity index (χ2v) is 4.93. The Morgan fingerprint density at radius 1 is 0.950 bits per heavy atom. The number of nitrogens with zero attached hydrogens (tertiary/aromatic N) is 3. The number of rotatable bonds is 1. The van der Waals surface area contributed by atoms with Crippen LogP contribution in [-0.2, 0) is 0 Å². The van der Waals surface area contributed by atoms with Crippen LogP contribution in [0.4, 0.5) is 0 Å². The minimum Gasteiger partial charge on any atom is -0.306 e. The molecule has 0 aliphatic heterocycles. The van der Waals surface area contributed by atoms with E-state index in [1.54, 1.807) is 6.07 Å². The largest absolute Gasteiger partial charge is 0.306 e. The fourth-order valence-corrected chi connectivity index (χ4v) is 2.67. The molecule has 2 aromatic heterocycles. The minimum absolute atomic E-state index is 0.137. The quantitative estimate of drug-likeness (QED) is 0.581. The highest BCUT2D eigenvalue weighted by atomic mass is 32.1. The Hall–Kier alpha value is -2.60. The summed E-state index contributed by atoms with van der Waals surface area (Å²) >= 11 is 1.17. The van der Waals surface area contributed by atoms with Gasteiger partial charge in [-0.2, -0.15) is 8.75 Å². The first-order chi connectivity index (χ1) is 9.81. The maximum atomic E-state index is 12.1. The van der Waals surface area contributed by atoms with Crippen molar-refractivity contribution in [2.45, 2.75) is 0 Å². The molecular weight excluding hydrogens is 272 g/mol. The number of fused-ring (bicyclic) bond motifs is 2. The number of aromatic nitrogens is 4. The van der Waals surface area contributed by atoms with Crippen molar-refractivity contribution in [3.8, 4) is 11.4 Å². The van der Waals surface area contributed by atoms with Gasteiger partial charge in [-0.25, -0.2) is 4.98 Å². The van der Waals surface area contributed by atoms with Crippen LogP contribution in [0.1, 0.15) is 0 Å². The molecule has 0 aliphatic carbocycles. The molecule has 2 heterocycles. The molecule has 0 aliphatic rings. The Bertz CT molecular complexity index is 989. The number of H-pyrrole nitrogens is 1. The summed E-state index contributed by atoms with van der Waals surface area (Å²) in [7, 11) is 0. The molecule has 4 aromatic rings. The van der Waals surface area contributed by atoms with Crippen LogP contribution in [0.2, 0.25) is 0 Å². The first-order valence-electron chi connectivity index (χ1n) is 6.03. The Kier molecular flexibility index (Phi) is 2.37. The van der Waals surface area contributed by atoms with E-state index in [-0.39, 0.29) is 5.56 Å². The van der Waals surface area contributed by atoms with Gasteiger partial charge in [-0.15, -0.1) is 0 Å². The normalized spacial score (nSPS) is 11.2. The van der Waals surface area contributed by atoms with Crippen LogP contribution >= 0.6 is 11.7 Å². The second kappa shape index (κ2) is 4.21. The molecule has 4 rings (SSSR count). The van der Waals surface area contributed by atoms with E-state index in [2.05, 4.69) is 18.7 Å². The monoisotopic (exact) mass is 280 g/mol. The van der Waals surface area contributed by atoms with Gasteiger partial charge < -0.3 is 4.98 Å². The Labute approximate surface area is 117 Å². The maximum absolute atomic E-state index is 12.1. The number of nitrogens with one attached hydrogen (secondary N) is 1. The lowest BCUT2D eigenvalue weighted by Gasteiger charge is -2.02. The zero-order chi connectivity index (χ0) is 13.5. The van der Waals surface area contributed by atoms with Gasteiger partial charge in [-0.1, -0.05) is 12.1 Å². The summed E-state index contributed by atoms with van der Waals surface area (Å²) in [5, 5.41) is 0.590. The van der Waals surface area contributed by atoms with Gasteiger partial charge in [0, 0.05) is 5.56 Å². The Balaban J connectivity index is 1.99. The first kappa shape index (κ1) is 11.2. The number of para-hydroxylation sites is 1. The van der Waals surface area contributed by atoms with Gasteiger partial charge >= 0.3 is 0 Å². The van der Waals surface area contributed by atoms with Crippen molar-refractivity contribution >= 4 is 33.7 Å². The van der Waals surface area contributed by atoms with Crippen LogP contribution in [0, 0.1) is 0 Å². The molecule has 0 radical (unpaired) electrons. The molecule has 20 heavy (non-hydrogen) atoms. The Morgan fingerprint density at radius 3 is 2.75 bits per heavy atom. The van der Waals surface area contributed by atoms with E-state index in [0.29, 0.717) is 16.7 Å². The molecule has 5 nitrogen and oxygen atoms in total. The first-order valence-corrected chi connectivity index (χ1v) is 6.76. The molecule has 6 heteroatoms. The summed E-state index contributed by atoms with van der Waals surface area (Å²) in [6.07, 6.45) is 0. The maximum Gasteiger partial charge on any atom is 0.259 e.